The minimum absolute atomic E-state index is 0.890. The summed E-state index contributed by atoms with van der Waals surface area (Å²) < 4.78 is 1.09. The molecule has 0 bridgehead atoms. The first-order valence-corrected chi connectivity index (χ1v) is 6.37. The number of aryl methyl sites for hydroxylation is 1. The van der Waals surface area contributed by atoms with E-state index in [0.717, 1.165) is 16.2 Å². The molecule has 15 heavy (non-hydrogen) atoms. The topological polar surface area (TPSA) is 16.1 Å². The number of aromatic nitrogens is 1. The van der Waals surface area contributed by atoms with Crippen molar-refractivity contribution in [1.82, 2.24) is 4.98 Å². The highest BCUT2D eigenvalue weighted by molar-refractivity contribution is 9.10. The number of halogens is 1. The lowest BCUT2D eigenvalue weighted by atomic mass is 9.95. The Hall–Kier alpha value is -0.570. The summed E-state index contributed by atoms with van der Waals surface area (Å²) in [6, 6.07) is 2.16. The van der Waals surface area contributed by atoms with Crippen molar-refractivity contribution < 1.29 is 0 Å². The molecule has 0 aliphatic carbocycles. The van der Waals surface area contributed by atoms with E-state index in [1.54, 1.807) is 0 Å². The lowest BCUT2D eigenvalue weighted by Crippen LogP contribution is -2.47. The predicted octanol–water partition coefficient (Wildman–Crippen LogP) is 3.39. The lowest BCUT2D eigenvalue weighted by Gasteiger charge is -2.40. The number of nitrogens with zero attached hydrogens (tertiary/aromatic N) is 2. The average Bonchev–Trinajstić information content (AvgIpc) is 2.16. The first kappa shape index (κ1) is 10.9. The zero-order valence-corrected chi connectivity index (χ0v) is 10.9. The molecular weight excluding hydrogens is 252 g/mol. The van der Waals surface area contributed by atoms with Gasteiger partial charge in [-0.05, 0) is 46.8 Å². The van der Waals surface area contributed by atoms with Crippen LogP contribution in [0.5, 0.6) is 0 Å². The number of hydrogen-bond acceptors (Lipinski definition) is 2. The first-order chi connectivity index (χ1) is 7.20. The van der Waals surface area contributed by atoms with Crippen molar-refractivity contribution in [3.8, 4) is 0 Å². The van der Waals surface area contributed by atoms with Gasteiger partial charge in [-0.3, -0.25) is 0 Å². The maximum absolute atomic E-state index is 4.43. The van der Waals surface area contributed by atoms with Gasteiger partial charge < -0.3 is 4.90 Å². The van der Waals surface area contributed by atoms with Crippen LogP contribution >= 0.6 is 15.9 Å². The monoisotopic (exact) mass is 268 g/mol. The third-order valence-electron chi connectivity index (χ3n) is 3.01. The minimum atomic E-state index is 0.890. The molecule has 2 rings (SSSR count). The summed E-state index contributed by atoms with van der Waals surface area (Å²) in [5.41, 5.74) is 1.26. The van der Waals surface area contributed by atoms with Crippen LogP contribution in [0.25, 0.3) is 0 Å². The molecule has 0 unspecified atom stereocenters. The SMILES string of the molecule is CCCC1CN(c2cc(C)c(Br)cn2)C1. The van der Waals surface area contributed by atoms with Crippen LogP contribution in [0.1, 0.15) is 25.3 Å². The molecule has 0 N–H and O–H groups in total. The quantitative estimate of drug-likeness (QED) is 0.836. The fourth-order valence-corrected chi connectivity index (χ4v) is 2.26. The number of anilines is 1. The molecule has 1 aliphatic rings. The number of rotatable bonds is 3. The Morgan fingerprint density at radius 3 is 2.87 bits per heavy atom. The predicted molar refractivity (Wildman–Crippen MR) is 67.3 cm³/mol. The molecule has 0 saturated carbocycles. The van der Waals surface area contributed by atoms with E-state index >= 15 is 0 Å². The largest absolute Gasteiger partial charge is 0.356 e. The van der Waals surface area contributed by atoms with E-state index in [1.807, 2.05) is 6.20 Å². The van der Waals surface area contributed by atoms with Gasteiger partial charge in [0.25, 0.3) is 0 Å². The van der Waals surface area contributed by atoms with Crippen LogP contribution in [0.4, 0.5) is 5.82 Å². The second-order valence-electron chi connectivity index (χ2n) is 4.35. The van der Waals surface area contributed by atoms with E-state index in [4.69, 9.17) is 0 Å². The van der Waals surface area contributed by atoms with E-state index in [1.165, 1.54) is 31.5 Å². The summed E-state index contributed by atoms with van der Waals surface area (Å²) in [6.45, 7) is 6.73. The summed E-state index contributed by atoms with van der Waals surface area (Å²) in [5.74, 6) is 2.02. The molecule has 0 aromatic carbocycles. The van der Waals surface area contributed by atoms with E-state index in [-0.39, 0.29) is 0 Å². The Morgan fingerprint density at radius 1 is 1.53 bits per heavy atom. The van der Waals surface area contributed by atoms with Gasteiger partial charge in [-0.2, -0.15) is 0 Å². The van der Waals surface area contributed by atoms with Gasteiger partial charge >= 0.3 is 0 Å². The Kier molecular flexibility index (Phi) is 3.29. The van der Waals surface area contributed by atoms with Crippen LogP contribution in [0.3, 0.4) is 0 Å². The van der Waals surface area contributed by atoms with E-state index in [9.17, 15) is 0 Å². The second-order valence-corrected chi connectivity index (χ2v) is 5.21. The summed E-state index contributed by atoms with van der Waals surface area (Å²) in [5, 5.41) is 0. The van der Waals surface area contributed by atoms with Crippen molar-refractivity contribution in [2.24, 2.45) is 5.92 Å². The van der Waals surface area contributed by atoms with Crippen molar-refractivity contribution in [2.45, 2.75) is 26.7 Å². The van der Waals surface area contributed by atoms with Gasteiger partial charge in [-0.25, -0.2) is 4.98 Å². The van der Waals surface area contributed by atoms with Gasteiger partial charge in [0.1, 0.15) is 5.82 Å². The standard InChI is InChI=1S/C12H17BrN2/c1-3-4-10-7-15(8-10)12-5-9(2)11(13)6-14-12/h5-6,10H,3-4,7-8H2,1-2H3. The highest BCUT2D eigenvalue weighted by atomic mass is 79.9. The molecular formula is C12H17BrN2. The average molecular weight is 269 g/mol. The second kappa shape index (κ2) is 4.52. The maximum Gasteiger partial charge on any atom is 0.128 e. The summed E-state index contributed by atoms with van der Waals surface area (Å²) in [6.07, 6.45) is 4.55. The van der Waals surface area contributed by atoms with Gasteiger partial charge in [-0.15, -0.1) is 0 Å². The molecule has 0 radical (unpaired) electrons. The zero-order chi connectivity index (χ0) is 10.8. The summed E-state index contributed by atoms with van der Waals surface area (Å²) >= 11 is 3.47. The molecule has 1 aliphatic heterocycles. The van der Waals surface area contributed by atoms with Crippen molar-refractivity contribution >= 4 is 21.7 Å². The van der Waals surface area contributed by atoms with Crippen molar-refractivity contribution in [1.29, 1.82) is 0 Å². The van der Waals surface area contributed by atoms with Crippen LogP contribution in [0, 0.1) is 12.8 Å². The highest BCUT2D eigenvalue weighted by Gasteiger charge is 2.26. The minimum Gasteiger partial charge on any atom is -0.356 e. The Balaban J connectivity index is 1.98. The molecule has 1 saturated heterocycles. The Morgan fingerprint density at radius 2 is 2.27 bits per heavy atom. The fraction of sp³-hybridized carbons (Fsp3) is 0.583. The zero-order valence-electron chi connectivity index (χ0n) is 9.33. The third kappa shape index (κ3) is 2.33. The third-order valence-corrected chi connectivity index (χ3v) is 3.84. The molecule has 0 atom stereocenters. The Labute approximate surface area is 99.8 Å². The summed E-state index contributed by atoms with van der Waals surface area (Å²) in [4.78, 5) is 6.80. The molecule has 2 nitrogen and oxygen atoms in total. The van der Waals surface area contributed by atoms with Crippen LogP contribution < -0.4 is 4.90 Å². The van der Waals surface area contributed by atoms with Gasteiger partial charge in [0.15, 0.2) is 0 Å². The van der Waals surface area contributed by atoms with Gasteiger partial charge in [0, 0.05) is 23.8 Å². The molecule has 1 aromatic heterocycles. The van der Waals surface area contributed by atoms with Crippen molar-refractivity contribution in [2.75, 3.05) is 18.0 Å². The van der Waals surface area contributed by atoms with E-state index in [2.05, 4.69) is 45.7 Å². The molecule has 1 fully saturated rings. The number of hydrogen-bond donors (Lipinski definition) is 0. The molecule has 2 heterocycles. The Bertz CT molecular complexity index is 345. The smallest absolute Gasteiger partial charge is 0.128 e. The highest BCUT2D eigenvalue weighted by Crippen LogP contribution is 2.27. The van der Waals surface area contributed by atoms with E-state index < -0.39 is 0 Å². The first-order valence-electron chi connectivity index (χ1n) is 5.57. The van der Waals surface area contributed by atoms with Crippen LogP contribution in [-0.4, -0.2) is 18.1 Å². The lowest BCUT2D eigenvalue weighted by molar-refractivity contribution is 0.378. The molecule has 1 aromatic rings. The van der Waals surface area contributed by atoms with Gasteiger partial charge in [0.05, 0.1) is 0 Å². The molecule has 82 valence electrons. The molecule has 3 heteroatoms. The summed E-state index contributed by atoms with van der Waals surface area (Å²) in [7, 11) is 0. The van der Waals surface area contributed by atoms with Crippen LogP contribution in [-0.2, 0) is 0 Å². The van der Waals surface area contributed by atoms with Gasteiger partial charge in [-0.1, -0.05) is 13.3 Å². The normalized spacial score (nSPS) is 16.6. The van der Waals surface area contributed by atoms with Crippen molar-refractivity contribution in [3.63, 3.8) is 0 Å². The molecule has 0 amide bonds. The van der Waals surface area contributed by atoms with Crippen LogP contribution in [0.2, 0.25) is 0 Å². The number of pyridine rings is 1. The maximum atomic E-state index is 4.43. The van der Waals surface area contributed by atoms with E-state index in [0.29, 0.717) is 0 Å². The van der Waals surface area contributed by atoms with Crippen molar-refractivity contribution in [3.05, 3.63) is 22.3 Å². The fourth-order valence-electron chi connectivity index (χ4n) is 2.05. The van der Waals surface area contributed by atoms with Gasteiger partial charge in [0.2, 0.25) is 0 Å². The molecule has 0 spiro atoms. The van der Waals surface area contributed by atoms with Crippen LogP contribution in [0.15, 0.2) is 16.7 Å².